The van der Waals surface area contributed by atoms with Gasteiger partial charge >= 0.3 is 6.18 Å². The molecule has 0 fully saturated rings. The molecule has 1 atom stereocenters. The van der Waals surface area contributed by atoms with Crippen LogP contribution in [0.2, 0.25) is 0 Å². The number of fused-ring (bicyclic) bond motifs is 1. The van der Waals surface area contributed by atoms with E-state index in [1.54, 1.807) is 18.2 Å². The fraction of sp³-hybridized carbons (Fsp3) is 0.176. The van der Waals surface area contributed by atoms with Crippen molar-refractivity contribution in [2.45, 2.75) is 22.7 Å². The van der Waals surface area contributed by atoms with Crippen molar-refractivity contribution in [1.82, 2.24) is 0 Å². The predicted molar refractivity (Wildman–Crippen MR) is 89.4 cm³/mol. The summed E-state index contributed by atoms with van der Waals surface area (Å²) in [6.45, 7) is 0. The summed E-state index contributed by atoms with van der Waals surface area (Å²) in [6.07, 6.45) is -4.79. The summed E-state index contributed by atoms with van der Waals surface area (Å²) in [6, 6.07) is 11.9. The van der Waals surface area contributed by atoms with Gasteiger partial charge in [0, 0.05) is 11.3 Å². The second kappa shape index (κ2) is 6.79. The van der Waals surface area contributed by atoms with Crippen molar-refractivity contribution in [2.24, 2.45) is 0 Å². The number of carbonyl (C=O) groups excluding carboxylic acids is 2. The number of amides is 2. The lowest BCUT2D eigenvalue weighted by molar-refractivity contribution is -0.137. The van der Waals surface area contributed by atoms with E-state index in [-0.39, 0.29) is 18.0 Å². The Kier molecular flexibility index (Phi) is 4.71. The highest BCUT2D eigenvalue weighted by atomic mass is 32.2. The molecule has 0 saturated heterocycles. The molecular formula is C17H13F3N2O2S. The monoisotopic (exact) mass is 366 g/mol. The number of benzene rings is 2. The first kappa shape index (κ1) is 17.3. The van der Waals surface area contributed by atoms with Gasteiger partial charge in [0.05, 0.1) is 22.2 Å². The highest BCUT2D eigenvalue weighted by Gasteiger charge is 2.34. The van der Waals surface area contributed by atoms with Crippen molar-refractivity contribution < 1.29 is 22.8 Å². The lowest BCUT2D eigenvalue weighted by atomic mass is 10.1. The van der Waals surface area contributed by atoms with Gasteiger partial charge in [0.15, 0.2) is 0 Å². The van der Waals surface area contributed by atoms with Gasteiger partial charge in [0.2, 0.25) is 11.8 Å². The van der Waals surface area contributed by atoms with E-state index in [0.29, 0.717) is 5.69 Å². The molecular weight excluding hydrogens is 353 g/mol. The molecule has 0 aliphatic carbocycles. The zero-order valence-corrected chi connectivity index (χ0v) is 13.6. The maximum Gasteiger partial charge on any atom is 0.418 e. The third-order valence-electron chi connectivity index (χ3n) is 3.58. The molecule has 1 aliphatic heterocycles. The molecule has 2 aromatic rings. The van der Waals surface area contributed by atoms with Gasteiger partial charge in [0.25, 0.3) is 0 Å². The summed E-state index contributed by atoms with van der Waals surface area (Å²) in [4.78, 5) is 25.0. The third kappa shape index (κ3) is 3.96. The quantitative estimate of drug-likeness (QED) is 0.858. The van der Waals surface area contributed by atoms with Crippen molar-refractivity contribution >= 4 is 35.0 Å². The van der Waals surface area contributed by atoms with Crippen LogP contribution in [0, 0.1) is 0 Å². The molecule has 1 aliphatic rings. The molecule has 130 valence electrons. The highest BCUT2D eigenvalue weighted by Crippen LogP contribution is 2.37. The minimum Gasteiger partial charge on any atom is -0.325 e. The van der Waals surface area contributed by atoms with Crippen LogP contribution in [0.1, 0.15) is 12.0 Å². The molecule has 2 amide bonds. The molecule has 0 saturated carbocycles. The number of para-hydroxylation sites is 2. The molecule has 8 heteroatoms. The minimum atomic E-state index is -4.57. The van der Waals surface area contributed by atoms with Gasteiger partial charge in [0.1, 0.15) is 0 Å². The molecule has 0 spiro atoms. The number of carbonyl (C=O) groups is 2. The number of alkyl halides is 3. The number of halogens is 3. The van der Waals surface area contributed by atoms with Crippen LogP contribution in [-0.2, 0) is 15.8 Å². The van der Waals surface area contributed by atoms with E-state index < -0.39 is 22.9 Å². The standard InChI is InChI=1S/C17H13F3N2O2S/c18-17(19,20)10-5-1-2-6-11(10)21-15(23)9-14-16(24)22-12-7-3-4-8-13(12)25-14/h1-8,14H,9H2,(H,21,23)(H,22,24). The maximum atomic E-state index is 13.0. The zero-order valence-electron chi connectivity index (χ0n) is 12.8. The summed E-state index contributed by atoms with van der Waals surface area (Å²) in [5.74, 6) is -0.994. The first-order valence-electron chi connectivity index (χ1n) is 7.37. The van der Waals surface area contributed by atoms with E-state index in [9.17, 15) is 22.8 Å². The van der Waals surface area contributed by atoms with E-state index in [1.807, 2.05) is 6.07 Å². The maximum absolute atomic E-state index is 13.0. The summed E-state index contributed by atoms with van der Waals surface area (Å²) in [5, 5.41) is 4.25. The molecule has 2 aromatic carbocycles. The van der Waals surface area contributed by atoms with Gasteiger partial charge in [-0.25, -0.2) is 0 Å². The molecule has 1 unspecified atom stereocenters. The molecule has 1 heterocycles. The fourth-order valence-corrected chi connectivity index (χ4v) is 3.55. The van der Waals surface area contributed by atoms with Crippen LogP contribution in [0.25, 0.3) is 0 Å². The number of hydrogen-bond donors (Lipinski definition) is 2. The second-order valence-electron chi connectivity index (χ2n) is 5.39. The molecule has 0 radical (unpaired) electrons. The van der Waals surface area contributed by atoms with E-state index in [1.165, 1.54) is 30.0 Å². The van der Waals surface area contributed by atoms with Gasteiger partial charge in [-0.15, -0.1) is 11.8 Å². The number of thioether (sulfide) groups is 1. The van der Waals surface area contributed by atoms with Crippen molar-refractivity contribution in [1.29, 1.82) is 0 Å². The van der Waals surface area contributed by atoms with Gasteiger partial charge < -0.3 is 10.6 Å². The van der Waals surface area contributed by atoms with Gasteiger partial charge in [-0.3, -0.25) is 9.59 Å². The van der Waals surface area contributed by atoms with Crippen molar-refractivity contribution in [3.05, 3.63) is 54.1 Å². The Labute approximate surface area is 145 Å². The smallest absolute Gasteiger partial charge is 0.325 e. The average Bonchev–Trinajstić information content (AvgIpc) is 2.55. The minimum absolute atomic E-state index is 0.225. The Bertz CT molecular complexity index is 824. The lowest BCUT2D eigenvalue weighted by Gasteiger charge is -2.23. The van der Waals surface area contributed by atoms with Crippen LogP contribution in [0.15, 0.2) is 53.4 Å². The highest BCUT2D eigenvalue weighted by molar-refractivity contribution is 8.01. The molecule has 25 heavy (non-hydrogen) atoms. The van der Waals surface area contributed by atoms with Gasteiger partial charge in [-0.2, -0.15) is 13.2 Å². The second-order valence-corrected chi connectivity index (χ2v) is 6.63. The zero-order chi connectivity index (χ0) is 18.0. The number of hydrogen-bond acceptors (Lipinski definition) is 3. The summed E-state index contributed by atoms with van der Waals surface area (Å²) < 4.78 is 38.9. The SMILES string of the molecule is O=C(CC1Sc2ccccc2NC1=O)Nc1ccccc1C(F)(F)F. The van der Waals surface area contributed by atoms with Gasteiger partial charge in [-0.1, -0.05) is 24.3 Å². The van der Waals surface area contributed by atoms with Crippen molar-refractivity contribution in [2.75, 3.05) is 10.6 Å². The third-order valence-corrected chi connectivity index (χ3v) is 4.86. The predicted octanol–water partition coefficient (Wildman–Crippen LogP) is 4.15. The first-order chi connectivity index (χ1) is 11.8. The number of rotatable bonds is 3. The molecule has 4 nitrogen and oxygen atoms in total. The summed E-state index contributed by atoms with van der Waals surface area (Å²) in [7, 11) is 0. The Morgan fingerprint density at radius 1 is 1.12 bits per heavy atom. The Hall–Kier alpha value is -2.48. The average molecular weight is 366 g/mol. The van der Waals surface area contributed by atoms with Crippen molar-refractivity contribution in [3.63, 3.8) is 0 Å². The molecule has 2 N–H and O–H groups in total. The van der Waals surface area contributed by atoms with Gasteiger partial charge in [-0.05, 0) is 24.3 Å². The van der Waals surface area contributed by atoms with Crippen LogP contribution in [0.4, 0.5) is 24.5 Å². The van der Waals surface area contributed by atoms with E-state index in [2.05, 4.69) is 10.6 Å². The summed E-state index contributed by atoms with van der Waals surface area (Å²) >= 11 is 1.22. The molecule has 0 bridgehead atoms. The topological polar surface area (TPSA) is 58.2 Å². The van der Waals surface area contributed by atoms with E-state index in [4.69, 9.17) is 0 Å². The van der Waals surface area contributed by atoms with Crippen LogP contribution >= 0.6 is 11.8 Å². The van der Waals surface area contributed by atoms with E-state index >= 15 is 0 Å². The first-order valence-corrected chi connectivity index (χ1v) is 8.25. The normalized spacial score (nSPS) is 16.8. The Morgan fingerprint density at radius 3 is 2.56 bits per heavy atom. The van der Waals surface area contributed by atoms with E-state index in [0.717, 1.165) is 11.0 Å². The van der Waals surface area contributed by atoms with Crippen LogP contribution in [0.5, 0.6) is 0 Å². The fourth-order valence-electron chi connectivity index (χ4n) is 2.44. The Balaban J connectivity index is 1.71. The van der Waals surface area contributed by atoms with Crippen LogP contribution in [0.3, 0.4) is 0 Å². The van der Waals surface area contributed by atoms with Crippen LogP contribution < -0.4 is 10.6 Å². The Morgan fingerprint density at radius 2 is 1.80 bits per heavy atom. The van der Waals surface area contributed by atoms with Crippen LogP contribution in [-0.4, -0.2) is 17.1 Å². The number of anilines is 2. The largest absolute Gasteiger partial charge is 0.418 e. The molecule has 3 rings (SSSR count). The summed E-state index contributed by atoms with van der Waals surface area (Å²) in [5.41, 5.74) is -0.576. The number of nitrogens with one attached hydrogen (secondary N) is 2. The molecule has 0 aromatic heterocycles. The van der Waals surface area contributed by atoms with Crippen molar-refractivity contribution in [3.8, 4) is 0 Å². The lowest BCUT2D eigenvalue weighted by Crippen LogP contribution is -2.32.